The lowest BCUT2D eigenvalue weighted by atomic mass is 9.83. The lowest BCUT2D eigenvalue weighted by Crippen LogP contribution is -2.42. The van der Waals surface area contributed by atoms with Crippen LogP contribution in [0.25, 0.3) is 0 Å². The summed E-state index contributed by atoms with van der Waals surface area (Å²) in [5, 5.41) is 9.32. The molecule has 0 bridgehead atoms. The molecule has 0 heterocycles. The standard InChI is InChI=1S/C15H17F5O/c16-14(17,15(18,19)20)13(21)12-8-6-11(7-9-12)10-4-2-1-3-5-10/h6-10,13,21H,1-5H2. The maximum atomic E-state index is 13.1. The second kappa shape index (κ2) is 5.91. The Balaban J connectivity index is 2.15. The van der Waals surface area contributed by atoms with Crippen molar-refractivity contribution in [2.24, 2.45) is 0 Å². The Kier molecular flexibility index (Phi) is 4.56. The molecule has 0 aromatic heterocycles. The highest BCUT2D eigenvalue weighted by Gasteiger charge is 2.62. The van der Waals surface area contributed by atoms with E-state index in [1.807, 2.05) is 0 Å². The Morgan fingerprint density at radius 3 is 1.90 bits per heavy atom. The molecule has 1 saturated carbocycles. The van der Waals surface area contributed by atoms with Crippen LogP contribution in [0.3, 0.4) is 0 Å². The first-order valence-corrected chi connectivity index (χ1v) is 6.96. The molecule has 0 spiro atoms. The minimum atomic E-state index is -5.77. The van der Waals surface area contributed by atoms with Gasteiger partial charge in [0, 0.05) is 0 Å². The highest BCUT2D eigenvalue weighted by molar-refractivity contribution is 5.28. The number of hydrogen-bond donors (Lipinski definition) is 1. The molecule has 118 valence electrons. The van der Waals surface area contributed by atoms with Crippen molar-refractivity contribution in [3.8, 4) is 0 Å². The van der Waals surface area contributed by atoms with Gasteiger partial charge in [-0.1, -0.05) is 43.5 Å². The van der Waals surface area contributed by atoms with E-state index in [2.05, 4.69) is 0 Å². The van der Waals surface area contributed by atoms with Gasteiger partial charge in [0.05, 0.1) is 0 Å². The zero-order valence-corrected chi connectivity index (χ0v) is 11.3. The lowest BCUT2D eigenvalue weighted by Gasteiger charge is -2.26. The van der Waals surface area contributed by atoms with Crippen LogP contribution in [0, 0.1) is 0 Å². The van der Waals surface area contributed by atoms with Crippen LogP contribution in [0.15, 0.2) is 24.3 Å². The van der Waals surface area contributed by atoms with E-state index in [4.69, 9.17) is 0 Å². The summed E-state index contributed by atoms with van der Waals surface area (Å²) in [5.41, 5.74) is 0.512. The van der Waals surface area contributed by atoms with Crippen molar-refractivity contribution in [2.45, 2.75) is 56.2 Å². The molecule has 0 amide bonds. The minimum absolute atomic E-state index is 0.327. The normalized spacial score (nSPS) is 19.5. The van der Waals surface area contributed by atoms with E-state index in [1.165, 1.54) is 6.42 Å². The van der Waals surface area contributed by atoms with E-state index >= 15 is 0 Å². The predicted octanol–water partition coefficient (Wildman–Crippen LogP) is 4.97. The van der Waals surface area contributed by atoms with Gasteiger partial charge in [0.1, 0.15) is 0 Å². The molecule has 1 aromatic carbocycles. The van der Waals surface area contributed by atoms with E-state index in [9.17, 15) is 27.1 Å². The molecule has 1 N–H and O–H groups in total. The van der Waals surface area contributed by atoms with E-state index in [1.54, 1.807) is 12.1 Å². The highest BCUT2D eigenvalue weighted by Crippen LogP contribution is 2.44. The summed E-state index contributed by atoms with van der Waals surface area (Å²) in [7, 11) is 0. The van der Waals surface area contributed by atoms with Crippen molar-refractivity contribution in [1.29, 1.82) is 0 Å². The molecule has 0 aliphatic heterocycles. The molecule has 2 rings (SSSR count). The summed E-state index contributed by atoms with van der Waals surface area (Å²) in [5.74, 6) is -4.83. The molecule has 1 unspecified atom stereocenters. The number of benzene rings is 1. The van der Waals surface area contributed by atoms with Gasteiger partial charge in [-0.2, -0.15) is 22.0 Å². The highest BCUT2D eigenvalue weighted by atomic mass is 19.4. The fourth-order valence-electron chi connectivity index (χ4n) is 2.75. The third kappa shape index (κ3) is 3.36. The van der Waals surface area contributed by atoms with Gasteiger partial charge < -0.3 is 5.11 Å². The average molecular weight is 308 g/mol. The first-order valence-electron chi connectivity index (χ1n) is 6.96. The van der Waals surface area contributed by atoms with E-state index in [0.717, 1.165) is 43.4 Å². The van der Waals surface area contributed by atoms with Crippen LogP contribution in [-0.4, -0.2) is 17.2 Å². The molecule has 1 aliphatic carbocycles. The van der Waals surface area contributed by atoms with Gasteiger partial charge >= 0.3 is 12.1 Å². The fourth-order valence-corrected chi connectivity index (χ4v) is 2.75. The number of hydrogen-bond acceptors (Lipinski definition) is 1. The van der Waals surface area contributed by atoms with Crippen LogP contribution in [0.5, 0.6) is 0 Å². The third-order valence-electron chi connectivity index (χ3n) is 4.05. The van der Waals surface area contributed by atoms with Crippen LogP contribution in [0.1, 0.15) is 55.3 Å². The van der Waals surface area contributed by atoms with E-state index in [0.29, 0.717) is 5.92 Å². The second-order valence-corrected chi connectivity index (χ2v) is 5.52. The van der Waals surface area contributed by atoms with Crippen molar-refractivity contribution in [3.05, 3.63) is 35.4 Å². The number of rotatable bonds is 3. The van der Waals surface area contributed by atoms with Crippen molar-refractivity contribution in [2.75, 3.05) is 0 Å². The molecule has 21 heavy (non-hydrogen) atoms. The maximum Gasteiger partial charge on any atom is 0.456 e. The third-order valence-corrected chi connectivity index (χ3v) is 4.05. The van der Waals surface area contributed by atoms with Crippen molar-refractivity contribution in [1.82, 2.24) is 0 Å². The molecular weight excluding hydrogens is 291 g/mol. The summed E-state index contributed by atoms with van der Waals surface area (Å²) in [6, 6.07) is 5.41. The van der Waals surface area contributed by atoms with E-state index in [-0.39, 0.29) is 0 Å². The van der Waals surface area contributed by atoms with Gasteiger partial charge in [-0.25, -0.2) is 0 Å². The molecule has 1 aromatic rings. The number of halogens is 5. The Morgan fingerprint density at radius 2 is 1.43 bits per heavy atom. The summed E-state index contributed by atoms with van der Waals surface area (Å²) in [6.07, 6.45) is -3.28. The van der Waals surface area contributed by atoms with Gasteiger partial charge in [-0.05, 0) is 29.9 Å². The molecule has 1 aliphatic rings. The quantitative estimate of drug-likeness (QED) is 0.782. The molecule has 1 fully saturated rings. The van der Waals surface area contributed by atoms with Crippen molar-refractivity contribution < 1.29 is 27.1 Å². The molecule has 6 heteroatoms. The summed E-state index contributed by atoms with van der Waals surface area (Å²) < 4.78 is 62.9. The predicted molar refractivity (Wildman–Crippen MR) is 68.2 cm³/mol. The van der Waals surface area contributed by atoms with Gasteiger partial charge in [-0.3, -0.25) is 0 Å². The Bertz CT molecular complexity index is 460. The van der Waals surface area contributed by atoms with Crippen LogP contribution in [0.2, 0.25) is 0 Å². The molecule has 1 atom stereocenters. The Morgan fingerprint density at radius 1 is 0.905 bits per heavy atom. The molecule has 1 nitrogen and oxygen atoms in total. The Labute approximate surface area is 119 Å². The van der Waals surface area contributed by atoms with Gasteiger partial charge in [0.25, 0.3) is 0 Å². The first kappa shape index (κ1) is 16.2. The molecular formula is C15H17F5O. The first-order chi connectivity index (χ1) is 9.73. The van der Waals surface area contributed by atoms with E-state index < -0.39 is 23.8 Å². The number of aliphatic hydroxyl groups excluding tert-OH is 1. The summed E-state index contributed by atoms with van der Waals surface area (Å²) >= 11 is 0. The van der Waals surface area contributed by atoms with Crippen LogP contribution in [-0.2, 0) is 0 Å². The SMILES string of the molecule is OC(c1ccc(C2CCCCC2)cc1)C(F)(F)C(F)(F)F. The Hall–Kier alpha value is -1.17. The van der Waals surface area contributed by atoms with Gasteiger partial charge in [-0.15, -0.1) is 0 Å². The zero-order chi connectivity index (χ0) is 15.7. The van der Waals surface area contributed by atoms with Gasteiger partial charge in [0.15, 0.2) is 6.10 Å². The van der Waals surface area contributed by atoms with Crippen molar-refractivity contribution >= 4 is 0 Å². The topological polar surface area (TPSA) is 20.2 Å². The monoisotopic (exact) mass is 308 g/mol. The lowest BCUT2D eigenvalue weighted by molar-refractivity contribution is -0.315. The summed E-state index contributed by atoms with van der Waals surface area (Å²) in [6.45, 7) is 0. The van der Waals surface area contributed by atoms with Crippen LogP contribution >= 0.6 is 0 Å². The van der Waals surface area contributed by atoms with Crippen LogP contribution < -0.4 is 0 Å². The fraction of sp³-hybridized carbons (Fsp3) is 0.600. The molecule has 0 saturated heterocycles. The van der Waals surface area contributed by atoms with Gasteiger partial charge in [0.2, 0.25) is 0 Å². The maximum absolute atomic E-state index is 13.1. The minimum Gasteiger partial charge on any atom is -0.382 e. The van der Waals surface area contributed by atoms with Crippen molar-refractivity contribution in [3.63, 3.8) is 0 Å². The second-order valence-electron chi connectivity index (χ2n) is 5.52. The average Bonchev–Trinajstić information content (AvgIpc) is 2.46. The summed E-state index contributed by atoms with van der Waals surface area (Å²) in [4.78, 5) is 0. The van der Waals surface area contributed by atoms with Crippen LogP contribution in [0.4, 0.5) is 22.0 Å². The zero-order valence-electron chi connectivity index (χ0n) is 11.3. The smallest absolute Gasteiger partial charge is 0.382 e. The molecule has 0 radical (unpaired) electrons. The number of alkyl halides is 5. The largest absolute Gasteiger partial charge is 0.456 e. The number of aliphatic hydroxyl groups is 1.